The molecule has 0 aliphatic heterocycles. The minimum Gasteiger partial charge on any atom is -0.459 e. The van der Waals surface area contributed by atoms with Crippen LogP contribution in [0.15, 0.2) is 82.5 Å². The number of hydrogen-bond acceptors (Lipinski definition) is 4. The average molecular weight is 347 g/mol. The van der Waals surface area contributed by atoms with E-state index in [1.54, 1.807) is 55.5 Å². The standard InChI is InChI=1S/C20H17N3O3/c1-14(22-23-19(24)16-6-3-2-4-7-16)15-9-11-17(12-10-15)21-20(25)18-8-5-13-26-18/h2-13H,1H3,(H,21,25)(H,23,24). The van der Waals surface area contributed by atoms with E-state index in [2.05, 4.69) is 15.8 Å². The summed E-state index contributed by atoms with van der Waals surface area (Å²) in [4.78, 5) is 23.9. The Hall–Kier alpha value is -3.67. The summed E-state index contributed by atoms with van der Waals surface area (Å²) in [6, 6.07) is 19.3. The monoisotopic (exact) mass is 347 g/mol. The number of anilines is 1. The first-order valence-corrected chi connectivity index (χ1v) is 7.98. The molecule has 6 heteroatoms. The highest BCUT2D eigenvalue weighted by Gasteiger charge is 2.09. The van der Waals surface area contributed by atoms with E-state index in [0.29, 0.717) is 17.0 Å². The third-order valence-corrected chi connectivity index (χ3v) is 3.67. The van der Waals surface area contributed by atoms with E-state index < -0.39 is 0 Å². The molecule has 3 rings (SSSR count). The number of nitrogens with one attached hydrogen (secondary N) is 2. The van der Waals surface area contributed by atoms with Crippen LogP contribution in [0, 0.1) is 0 Å². The second-order valence-corrected chi connectivity index (χ2v) is 5.51. The van der Waals surface area contributed by atoms with Crippen molar-refractivity contribution in [2.24, 2.45) is 5.10 Å². The number of carbonyl (C=O) groups is 2. The zero-order valence-electron chi connectivity index (χ0n) is 14.1. The van der Waals surface area contributed by atoms with Crippen molar-refractivity contribution in [2.45, 2.75) is 6.92 Å². The summed E-state index contributed by atoms with van der Waals surface area (Å²) in [5.41, 5.74) is 5.19. The number of furan rings is 1. The predicted molar refractivity (Wildman–Crippen MR) is 99.2 cm³/mol. The Balaban J connectivity index is 1.62. The van der Waals surface area contributed by atoms with E-state index >= 15 is 0 Å². The van der Waals surface area contributed by atoms with E-state index in [-0.39, 0.29) is 17.6 Å². The Morgan fingerprint density at radius 1 is 0.846 bits per heavy atom. The van der Waals surface area contributed by atoms with Gasteiger partial charge in [0.05, 0.1) is 12.0 Å². The Morgan fingerprint density at radius 2 is 1.58 bits per heavy atom. The Kier molecular flexibility index (Phi) is 5.24. The van der Waals surface area contributed by atoms with E-state index in [9.17, 15) is 9.59 Å². The van der Waals surface area contributed by atoms with Gasteiger partial charge in [0.2, 0.25) is 0 Å². The van der Waals surface area contributed by atoms with Gasteiger partial charge in [0.1, 0.15) is 0 Å². The van der Waals surface area contributed by atoms with Crippen molar-refractivity contribution in [3.8, 4) is 0 Å². The zero-order chi connectivity index (χ0) is 18.4. The third-order valence-electron chi connectivity index (χ3n) is 3.67. The highest BCUT2D eigenvalue weighted by atomic mass is 16.3. The average Bonchev–Trinajstić information content (AvgIpc) is 3.22. The van der Waals surface area contributed by atoms with Gasteiger partial charge in [-0.3, -0.25) is 9.59 Å². The smallest absolute Gasteiger partial charge is 0.291 e. The van der Waals surface area contributed by atoms with Gasteiger partial charge in [-0.2, -0.15) is 5.10 Å². The molecule has 0 saturated carbocycles. The van der Waals surface area contributed by atoms with Crippen LogP contribution in [0.2, 0.25) is 0 Å². The Morgan fingerprint density at radius 3 is 2.23 bits per heavy atom. The molecule has 1 aromatic heterocycles. The van der Waals surface area contributed by atoms with Crippen molar-refractivity contribution in [3.05, 3.63) is 89.9 Å². The Bertz CT molecular complexity index is 915. The van der Waals surface area contributed by atoms with Gasteiger partial charge in [0.15, 0.2) is 5.76 Å². The molecule has 1 heterocycles. The van der Waals surface area contributed by atoms with Crippen molar-refractivity contribution < 1.29 is 14.0 Å². The maximum absolute atomic E-state index is 12.0. The molecule has 6 nitrogen and oxygen atoms in total. The van der Waals surface area contributed by atoms with Crippen LogP contribution >= 0.6 is 0 Å². The fraction of sp³-hybridized carbons (Fsp3) is 0.0500. The van der Waals surface area contributed by atoms with Gasteiger partial charge in [0, 0.05) is 11.3 Å². The van der Waals surface area contributed by atoms with Crippen LogP contribution < -0.4 is 10.7 Å². The van der Waals surface area contributed by atoms with Crippen molar-refractivity contribution in [1.82, 2.24) is 5.43 Å². The minimum atomic E-state index is -0.316. The zero-order valence-corrected chi connectivity index (χ0v) is 14.1. The molecule has 2 aromatic carbocycles. The molecule has 2 amide bonds. The first-order valence-electron chi connectivity index (χ1n) is 7.98. The van der Waals surface area contributed by atoms with Crippen LogP contribution in [0.5, 0.6) is 0 Å². The predicted octanol–water partition coefficient (Wildman–Crippen LogP) is 3.69. The molecule has 0 unspecified atom stereocenters. The largest absolute Gasteiger partial charge is 0.459 e. The number of amides is 2. The molecule has 0 aliphatic carbocycles. The number of nitrogens with zero attached hydrogens (tertiary/aromatic N) is 1. The normalized spacial score (nSPS) is 11.0. The quantitative estimate of drug-likeness (QED) is 0.545. The molecule has 0 aliphatic rings. The van der Waals surface area contributed by atoms with Gasteiger partial charge in [-0.05, 0) is 48.9 Å². The molecule has 26 heavy (non-hydrogen) atoms. The van der Waals surface area contributed by atoms with Crippen molar-refractivity contribution >= 4 is 23.2 Å². The van der Waals surface area contributed by atoms with Gasteiger partial charge >= 0.3 is 0 Å². The second kappa shape index (κ2) is 7.94. The van der Waals surface area contributed by atoms with Gasteiger partial charge in [0.25, 0.3) is 11.8 Å². The molecular weight excluding hydrogens is 330 g/mol. The van der Waals surface area contributed by atoms with E-state index in [0.717, 1.165) is 5.56 Å². The molecule has 3 aromatic rings. The summed E-state index contributed by atoms with van der Waals surface area (Å²) in [5, 5.41) is 6.86. The van der Waals surface area contributed by atoms with Crippen molar-refractivity contribution in [2.75, 3.05) is 5.32 Å². The molecule has 0 atom stereocenters. The van der Waals surface area contributed by atoms with Crippen LogP contribution in [-0.4, -0.2) is 17.5 Å². The summed E-state index contributed by atoms with van der Waals surface area (Å²) in [7, 11) is 0. The van der Waals surface area contributed by atoms with Gasteiger partial charge in [-0.1, -0.05) is 30.3 Å². The lowest BCUT2D eigenvalue weighted by molar-refractivity contribution is 0.0953. The summed E-state index contributed by atoms with van der Waals surface area (Å²) in [6.45, 7) is 1.79. The van der Waals surface area contributed by atoms with Crippen LogP contribution in [-0.2, 0) is 0 Å². The van der Waals surface area contributed by atoms with Gasteiger partial charge in [-0.25, -0.2) is 5.43 Å². The molecule has 0 fully saturated rings. The summed E-state index contributed by atoms with van der Waals surface area (Å²) in [5.74, 6) is -0.342. The minimum absolute atomic E-state index is 0.246. The lowest BCUT2D eigenvalue weighted by Crippen LogP contribution is -2.19. The van der Waals surface area contributed by atoms with Crippen molar-refractivity contribution in [1.29, 1.82) is 0 Å². The topological polar surface area (TPSA) is 83.7 Å². The number of rotatable bonds is 5. The molecular formula is C20H17N3O3. The molecule has 2 N–H and O–H groups in total. The lowest BCUT2D eigenvalue weighted by atomic mass is 10.1. The number of hydrogen-bond donors (Lipinski definition) is 2. The van der Waals surface area contributed by atoms with Crippen LogP contribution in [0.3, 0.4) is 0 Å². The molecule has 0 bridgehead atoms. The van der Waals surface area contributed by atoms with Crippen molar-refractivity contribution in [3.63, 3.8) is 0 Å². The van der Waals surface area contributed by atoms with E-state index in [1.807, 2.05) is 18.2 Å². The lowest BCUT2D eigenvalue weighted by Gasteiger charge is -2.06. The van der Waals surface area contributed by atoms with E-state index in [1.165, 1.54) is 6.26 Å². The molecule has 0 radical (unpaired) electrons. The third kappa shape index (κ3) is 4.24. The summed E-state index contributed by atoms with van der Waals surface area (Å²) < 4.78 is 5.05. The summed E-state index contributed by atoms with van der Waals surface area (Å²) >= 11 is 0. The number of carbonyl (C=O) groups excluding carboxylic acids is 2. The fourth-order valence-electron chi connectivity index (χ4n) is 2.25. The Labute approximate surface area is 150 Å². The van der Waals surface area contributed by atoms with Gasteiger partial charge in [-0.15, -0.1) is 0 Å². The van der Waals surface area contributed by atoms with Crippen LogP contribution in [0.1, 0.15) is 33.4 Å². The van der Waals surface area contributed by atoms with Gasteiger partial charge < -0.3 is 9.73 Å². The number of benzene rings is 2. The summed E-state index contributed by atoms with van der Waals surface area (Å²) in [6.07, 6.45) is 1.45. The van der Waals surface area contributed by atoms with Crippen LogP contribution in [0.25, 0.3) is 0 Å². The highest BCUT2D eigenvalue weighted by molar-refractivity contribution is 6.03. The maximum Gasteiger partial charge on any atom is 0.291 e. The first-order chi connectivity index (χ1) is 12.6. The van der Waals surface area contributed by atoms with Crippen LogP contribution in [0.4, 0.5) is 5.69 Å². The fourth-order valence-corrected chi connectivity index (χ4v) is 2.25. The molecule has 0 saturated heterocycles. The second-order valence-electron chi connectivity index (χ2n) is 5.51. The highest BCUT2D eigenvalue weighted by Crippen LogP contribution is 2.12. The number of hydrazone groups is 1. The first kappa shape index (κ1) is 17.2. The molecule has 0 spiro atoms. The van der Waals surface area contributed by atoms with E-state index in [4.69, 9.17) is 4.42 Å². The SMILES string of the molecule is CC(=NNC(=O)c1ccccc1)c1ccc(NC(=O)c2ccco2)cc1. The maximum atomic E-state index is 12.0. The molecule has 130 valence electrons.